The molecule has 82 valence electrons. The van der Waals surface area contributed by atoms with E-state index in [2.05, 4.69) is 10.3 Å². The first kappa shape index (κ1) is 11.9. The first-order chi connectivity index (χ1) is 7.13. The van der Waals surface area contributed by atoms with Gasteiger partial charge >= 0.3 is 0 Å². The van der Waals surface area contributed by atoms with Gasteiger partial charge in [0, 0.05) is 24.4 Å². The van der Waals surface area contributed by atoms with Gasteiger partial charge < -0.3 is 10.4 Å². The zero-order valence-electron chi connectivity index (χ0n) is 8.40. The largest absolute Gasteiger partial charge is 0.396 e. The van der Waals surface area contributed by atoms with E-state index >= 15 is 0 Å². The monoisotopic (exact) mass is 228 g/mol. The molecule has 0 saturated carbocycles. The number of halogens is 1. The lowest BCUT2D eigenvalue weighted by Crippen LogP contribution is -2.33. The van der Waals surface area contributed by atoms with Gasteiger partial charge in [0.2, 0.25) is 0 Å². The number of amides is 1. The minimum absolute atomic E-state index is 0.0541. The predicted octanol–water partition coefficient (Wildman–Crippen LogP) is 1.24. The molecule has 0 aliphatic heterocycles. The third kappa shape index (κ3) is 3.85. The van der Waals surface area contributed by atoms with Crippen LogP contribution in [0.2, 0.25) is 5.15 Å². The van der Waals surface area contributed by atoms with Crippen LogP contribution in [0.25, 0.3) is 0 Å². The second-order valence-electron chi connectivity index (χ2n) is 3.25. The Balaban J connectivity index is 2.61. The van der Waals surface area contributed by atoms with Crippen LogP contribution in [0.4, 0.5) is 0 Å². The van der Waals surface area contributed by atoms with Gasteiger partial charge in [0.1, 0.15) is 5.15 Å². The lowest BCUT2D eigenvalue weighted by Gasteiger charge is -2.12. The molecule has 1 aromatic rings. The van der Waals surface area contributed by atoms with E-state index in [1.807, 2.05) is 6.92 Å². The number of carbonyl (C=O) groups is 1. The fraction of sp³-hybridized carbons (Fsp3) is 0.400. The smallest absolute Gasteiger partial charge is 0.251 e. The maximum Gasteiger partial charge on any atom is 0.251 e. The summed E-state index contributed by atoms with van der Waals surface area (Å²) in [6.45, 7) is 1.88. The Labute approximate surface area is 93.3 Å². The topological polar surface area (TPSA) is 62.2 Å². The maximum absolute atomic E-state index is 11.6. The summed E-state index contributed by atoms with van der Waals surface area (Å²) in [6, 6.07) is 3.03. The molecule has 0 bridgehead atoms. The highest BCUT2D eigenvalue weighted by atomic mass is 35.5. The van der Waals surface area contributed by atoms with Gasteiger partial charge in [-0.25, -0.2) is 4.98 Å². The van der Waals surface area contributed by atoms with Crippen molar-refractivity contribution >= 4 is 17.5 Å². The average molecular weight is 229 g/mol. The van der Waals surface area contributed by atoms with Crippen LogP contribution in [0.5, 0.6) is 0 Å². The van der Waals surface area contributed by atoms with Crippen molar-refractivity contribution in [2.75, 3.05) is 6.61 Å². The fourth-order valence-electron chi connectivity index (χ4n) is 1.12. The number of nitrogens with one attached hydrogen (secondary N) is 1. The van der Waals surface area contributed by atoms with Crippen LogP contribution < -0.4 is 5.32 Å². The molecule has 0 aliphatic carbocycles. The third-order valence-corrected chi connectivity index (χ3v) is 2.14. The first-order valence-corrected chi connectivity index (χ1v) is 5.04. The molecular formula is C10H13ClN2O2. The fourth-order valence-corrected chi connectivity index (χ4v) is 1.29. The number of carbonyl (C=O) groups excluding carboxylic acids is 1. The van der Waals surface area contributed by atoms with Crippen molar-refractivity contribution in [2.45, 2.75) is 19.4 Å². The molecule has 0 aromatic carbocycles. The number of rotatable bonds is 4. The summed E-state index contributed by atoms with van der Waals surface area (Å²) in [7, 11) is 0. The van der Waals surface area contributed by atoms with E-state index in [0.29, 0.717) is 12.0 Å². The maximum atomic E-state index is 11.6. The summed E-state index contributed by atoms with van der Waals surface area (Å²) < 4.78 is 0. The molecule has 1 aromatic heterocycles. The van der Waals surface area contributed by atoms with E-state index in [1.54, 1.807) is 6.07 Å². The van der Waals surface area contributed by atoms with Gasteiger partial charge in [0.25, 0.3) is 5.91 Å². The molecule has 0 spiro atoms. The van der Waals surface area contributed by atoms with Gasteiger partial charge in [-0.3, -0.25) is 4.79 Å². The molecule has 0 saturated heterocycles. The molecule has 0 fully saturated rings. The zero-order chi connectivity index (χ0) is 11.3. The Hall–Kier alpha value is -1.13. The van der Waals surface area contributed by atoms with Crippen molar-refractivity contribution in [3.8, 4) is 0 Å². The van der Waals surface area contributed by atoms with Crippen LogP contribution in [0.3, 0.4) is 0 Å². The minimum atomic E-state index is -0.208. The summed E-state index contributed by atoms with van der Waals surface area (Å²) in [5.41, 5.74) is 0.472. The van der Waals surface area contributed by atoms with Crippen LogP contribution in [0, 0.1) is 0 Å². The molecule has 1 rings (SSSR count). The summed E-state index contributed by atoms with van der Waals surface area (Å²) in [4.78, 5) is 15.4. The molecule has 15 heavy (non-hydrogen) atoms. The van der Waals surface area contributed by atoms with Crippen molar-refractivity contribution in [2.24, 2.45) is 0 Å². The van der Waals surface area contributed by atoms with Crippen LogP contribution in [-0.4, -0.2) is 28.6 Å². The van der Waals surface area contributed by atoms with E-state index < -0.39 is 0 Å². The number of aliphatic hydroxyl groups is 1. The molecule has 0 aliphatic rings. The van der Waals surface area contributed by atoms with Crippen LogP contribution in [0.15, 0.2) is 18.3 Å². The summed E-state index contributed by atoms with van der Waals surface area (Å²) in [5.74, 6) is -0.208. The number of nitrogens with zero attached hydrogens (tertiary/aromatic N) is 1. The third-order valence-electron chi connectivity index (χ3n) is 1.93. The highest BCUT2D eigenvalue weighted by Gasteiger charge is 2.09. The van der Waals surface area contributed by atoms with E-state index in [-0.39, 0.29) is 23.7 Å². The van der Waals surface area contributed by atoms with Crippen LogP contribution in [-0.2, 0) is 0 Å². The molecule has 0 radical (unpaired) electrons. The molecule has 1 amide bonds. The number of pyridine rings is 1. The number of hydrogen-bond donors (Lipinski definition) is 2. The lowest BCUT2D eigenvalue weighted by atomic mass is 10.2. The Morgan fingerprint density at radius 2 is 2.47 bits per heavy atom. The van der Waals surface area contributed by atoms with Gasteiger partial charge in [-0.1, -0.05) is 11.6 Å². The molecule has 1 atom stereocenters. The van der Waals surface area contributed by atoms with Crippen molar-refractivity contribution in [1.29, 1.82) is 0 Å². The Morgan fingerprint density at radius 3 is 3.07 bits per heavy atom. The van der Waals surface area contributed by atoms with E-state index in [9.17, 15) is 4.79 Å². The summed E-state index contributed by atoms with van der Waals surface area (Å²) >= 11 is 5.66. The van der Waals surface area contributed by atoms with Crippen molar-refractivity contribution in [3.63, 3.8) is 0 Å². The standard InChI is InChI=1S/C10H13ClN2O2/c1-7(3-5-14)13-10(15)8-2-4-12-9(11)6-8/h2,4,6-7,14H,3,5H2,1H3,(H,13,15). The number of hydrogen-bond acceptors (Lipinski definition) is 3. The SMILES string of the molecule is CC(CCO)NC(=O)c1ccnc(Cl)c1. The van der Waals surface area contributed by atoms with Gasteiger partial charge in [-0.2, -0.15) is 0 Å². The molecular weight excluding hydrogens is 216 g/mol. The van der Waals surface area contributed by atoms with E-state index in [0.717, 1.165) is 0 Å². The zero-order valence-corrected chi connectivity index (χ0v) is 9.16. The van der Waals surface area contributed by atoms with Crippen molar-refractivity contribution < 1.29 is 9.90 Å². The van der Waals surface area contributed by atoms with Gasteiger partial charge in [-0.15, -0.1) is 0 Å². The molecule has 5 heteroatoms. The summed E-state index contributed by atoms with van der Waals surface area (Å²) in [5, 5.41) is 11.7. The molecule has 4 nitrogen and oxygen atoms in total. The first-order valence-electron chi connectivity index (χ1n) is 4.66. The summed E-state index contributed by atoms with van der Waals surface area (Å²) in [6.07, 6.45) is 2.01. The second kappa shape index (κ2) is 5.68. The molecule has 1 unspecified atom stereocenters. The average Bonchev–Trinajstić information content (AvgIpc) is 2.18. The second-order valence-corrected chi connectivity index (χ2v) is 3.64. The highest BCUT2D eigenvalue weighted by molar-refractivity contribution is 6.29. The van der Waals surface area contributed by atoms with Gasteiger partial charge in [0.15, 0.2) is 0 Å². The lowest BCUT2D eigenvalue weighted by molar-refractivity contribution is 0.0934. The van der Waals surface area contributed by atoms with Gasteiger partial charge in [-0.05, 0) is 25.5 Å². The number of aliphatic hydroxyl groups excluding tert-OH is 1. The van der Waals surface area contributed by atoms with Crippen molar-refractivity contribution in [1.82, 2.24) is 10.3 Å². The number of aromatic nitrogens is 1. The van der Waals surface area contributed by atoms with Crippen LogP contribution >= 0.6 is 11.6 Å². The highest BCUT2D eigenvalue weighted by Crippen LogP contribution is 2.07. The Kier molecular flexibility index (Phi) is 4.52. The normalized spacial score (nSPS) is 12.2. The quantitative estimate of drug-likeness (QED) is 0.763. The minimum Gasteiger partial charge on any atom is -0.396 e. The van der Waals surface area contributed by atoms with Crippen molar-refractivity contribution in [3.05, 3.63) is 29.0 Å². The van der Waals surface area contributed by atoms with Gasteiger partial charge in [0.05, 0.1) is 0 Å². The Bertz CT molecular complexity index is 344. The predicted molar refractivity (Wildman–Crippen MR) is 57.9 cm³/mol. The Morgan fingerprint density at radius 1 is 1.73 bits per heavy atom. The van der Waals surface area contributed by atoms with E-state index in [1.165, 1.54) is 12.3 Å². The molecule has 1 heterocycles. The van der Waals surface area contributed by atoms with Crippen LogP contribution in [0.1, 0.15) is 23.7 Å². The van der Waals surface area contributed by atoms with E-state index in [4.69, 9.17) is 16.7 Å². The molecule has 2 N–H and O–H groups in total.